The predicted octanol–water partition coefficient (Wildman–Crippen LogP) is 17.6. The molecule has 0 bridgehead atoms. The van der Waals surface area contributed by atoms with Crippen LogP contribution in [0.15, 0.2) is 176 Å². The Bertz CT molecular complexity index is 3540. The first kappa shape index (κ1) is 47.3. The second-order valence-corrected chi connectivity index (χ2v) is 19.0. The van der Waals surface area contributed by atoms with Crippen molar-refractivity contribution in [2.75, 3.05) is 9.80 Å². The fourth-order valence-electron chi connectivity index (χ4n) is 9.77. The maximum atomic E-state index is 15.5. The van der Waals surface area contributed by atoms with Gasteiger partial charge in [0.25, 0.3) is 0 Å². The smallest absolute Gasteiger partial charge is 0.135 e. The molecule has 71 heavy (non-hydrogen) atoms. The number of hydrogen-bond donors (Lipinski definition) is 0. The fourth-order valence-corrected chi connectivity index (χ4v) is 9.77. The molecule has 3 heterocycles. The molecule has 356 valence electrons. The molecule has 0 fully saturated rings. The van der Waals surface area contributed by atoms with Crippen molar-refractivity contribution in [3.63, 3.8) is 0 Å². The van der Waals surface area contributed by atoms with E-state index >= 15 is 4.39 Å². The summed E-state index contributed by atoms with van der Waals surface area (Å²) in [5.41, 5.74) is 14.4. The Balaban J connectivity index is 0.00000582. The second kappa shape index (κ2) is 19.5. The Morgan fingerprint density at radius 1 is 0.535 bits per heavy atom. The third-order valence-corrected chi connectivity index (χ3v) is 13.4. The Morgan fingerprint density at radius 2 is 1.23 bits per heavy atom. The summed E-state index contributed by atoms with van der Waals surface area (Å²) >= 11 is 0. The minimum Gasteiger partial charge on any atom is -0.509 e. The first-order chi connectivity index (χ1) is 34.0. The normalized spacial score (nSPS) is 12.4. The molecule has 11 rings (SSSR count). The Labute approximate surface area is 429 Å². The molecule has 2 aromatic heterocycles. The molecule has 1 aliphatic heterocycles. The number of ether oxygens (including phenoxy) is 1. The Hall–Kier alpha value is -7.34. The van der Waals surface area contributed by atoms with E-state index in [0.29, 0.717) is 17.1 Å². The van der Waals surface area contributed by atoms with Crippen LogP contribution in [0, 0.1) is 30.4 Å². The monoisotopic (exact) mass is 1110 g/mol. The number of halogens is 2. The third kappa shape index (κ3) is 8.93. The largest absolute Gasteiger partial charge is 0.509 e. The SMILES string of the molecule is CC(C)c1ccc2c(c1)N(c1c(C(C)C)cc(-c3ccc(F)cc3F)cc1C(C)C)[CH-]N2c1[c-]c(Oc2[c-]c3c(cc2)c2ccccc2n3-c2ccccn2)cc(-c2ccc(-c3ccccc3)cc2)c1.[Pt]. The van der Waals surface area contributed by atoms with Crippen LogP contribution in [0.4, 0.5) is 31.5 Å². The van der Waals surface area contributed by atoms with Crippen LogP contribution >= 0.6 is 0 Å². The summed E-state index contributed by atoms with van der Waals surface area (Å²) in [5.74, 6) is 1.08. The average molecular weight is 1110 g/mol. The van der Waals surface area contributed by atoms with E-state index < -0.39 is 11.6 Å². The van der Waals surface area contributed by atoms with Gasteiger partial charge in [0.15, 0.2) is 0 Å². The molecular weight excluding hydrogens is 1060 g/mol. The van der Waals surface area contributed by atoms with E-state index in [1.54, 1.807) is 6.20 Å². The summed E-state index contributed by atoms with van der Waals surface area (Å²) in [6, 6.07) is 63.6. The van der Waals surface area contributed by atoms with Crippen molar-refractivity contribution in [3.05, 3.63) is 223 Å². The third-order valence-electron chi connectivity index (χ3n) is 13.4. The van der Waals surface area contributed by atoms with Gasteiger partial charge in [-0.2, -0.15) is 6.07 Å². The maximum absolute atomic E-state index is 15.5. The van der Waals surface area contributed by atoms with Crippen molar-refractivity contribution in [1.82, 2.24) is 9.55 Å². The summed E-state index contributed by atoms with van der Waals surface area (Å²) in [5, 5.41) is 2.15. The van der Waals surface area contributed by atoms with Crippen molar-refractivity contribution >= 4 is 44.6 Å². The summed E-state index contributed by atoms with van der Waals surface area (Å²) in [6.07, 6.45) is 1.81. The number of aromatic nitrogens is 2. The summed E-state index contributed by atoms with van der Waals surface area (Å²) < 4.78 is 38.7. The minimum atomic E-state index is -0.599. The van der Waals surface area contributed by atoms with Crippen LogP contribution in [0.2, 0.25) is 0 Å². The zero-order chi connectivity index (χ0) is 48.2. The zero-order valence-corrected chi connectivity index (χ0v) is 42.6. The van der Waals surface area contributed by atoms with E-state index in [2.05, 4.69) is 184 Å². The zero-order valence-electron chi connectivity index (χ0n) is 40.3. The van der Waals surface area contributed by atoms with Gasteiger partial charge in [-0.1, -0.05) is 132 Å². The number of hydrogen-bond acceptors (Lipinski definition) is 4. The summed E-state index contributed by atoms with van der Waals surface area (Å²) in [4.78, 5) is 9.22. The predicted molar refractivity (Wildman–Crippen MR) is 283 cm³/mol. The van der Waals surface area contributed by atoms with Gasteiger partial charge in [-0.05, 0) is 117 Å². The number of rotatable bonds is 11. The van der Waals surface area contributed by atoms with Crippen LogP contribution in [0.25, 0.3) is 61.0 Å². The number of fused-ring (bicyclic) bond motifs is 4. The molecule has 0 saturated carbocycles. The first-order valence-electron chi connectivity index (χ1n) is 24.0. The van der Waals surface area contributed by atoms with Crippen molar-refractivity contribution in [2.24, 2.45) is 0 Å². The van der Waals surface area contributed by atoms with E-state index in [-0.39, 0.29) is 38.8 Å². The van der Waals surface area contributed by atoms with Crippen molar-refractivity contribution < 1.29 is 34.6 Å². The van der Waals surface area contributed by atoms with Crippen LogP contribution in [0.3, 0.4) is 0 Å². The molecule has 0 unspecified atom stereocenters. The van der Waals surface area contributed by atoms with Crippen LogP contribution < -0.4 is 14.5 Å². The number of pyridine rings is 1. The van der Waals surface area contributed by atoms with Gasteiger partial charge in [0.05, 0.1) is 0 Å². The van der Waals surface area contributed by atoms with Gasteiger partial charge in [-0.25, -0.2) is 13.8 Å². The molecule has 0 spiro atoms. The second-order valence-electron chi connectivity index (χ2n) is 19.0. The topological polar surface area (TPSA) is 33.5 Å². The van der Waals surface area contributed by atoms with Crippen LogP contribution in [0.1, 0.15) is 76.0 Å². The molecule has 5 nitrogen and oxygen atoms in total. The van der Waals surface area contributed by atoms with Gasteiger partial charge in [-0.15, -0.1) is 53.6 Å². The van der Waals surface area contributed by atoms with Gasteiger partial charge in [0.1, 0.15) is 17.5 Å². The molecule has 0 radical (unpaired) electrons. The summed E-state index contributed by atoms with van der Waals surface area (Å²) in [6.45, 7) is 15.2. The van der Waals surface area contributed by atoms with Gasteiger partial charge < -0.3 is 19.1 Å². The number of nitrogens with zero attached hydrogens (tertiary/aromatic N) is 4. The molecule has 0 atom stereocenters. The number of para-hydroxylation sites is 1. The van der Waals surface area contributed by atoms with Gasteiger partial charge in [-0.3, -0.25) is 0 Å². The minimum absolute atomic E-state index is 0. The van der Waals surface area contributed by atoms with Gasteiger partial charge in [0.2, 0.25) is 0 Å². The number of anilines is 4. The molecule has 10 aromatic rings. The fraction of sp³-hybridized carbons (Fsp3) is 0.143. The van der Waals surface area contributed by atoms with E-state index in [4.69, 9.17) is 9.72 Å². The van der Waals surface area contributed by atoms with Crippen molar-refractivity contribution in [2.45, 2.75) is 59.3 Å². The van der Waals surface area contributed by atoms with Crippen LogP contribution in [0.5, 0.6) is 11.5 Å². The van der Waals surface area contributed by atoms with Crippen molar-refractivity contribution in [3.8, 4) is 50.7 Å². The van der Waals surface area contributed by atoms with E-state index in [0.717, 1.165) is 95.4 Å². The Morgan fingerprint density at radius 3 is 1.92 bits per heavy atom. The molecule has 0 saturated heterocycles. The number of benzene rings is 8. The molecule has 8 heteroatoms. The van der Waals surface area contributed by atoms with Crippen molar-refractivity contribution in [1.29, 1.82) is 0 Å². The summed E-state index contributed by atoms with van der Waals surface area (Å²) in [7, 11) is 0. The first-order valence-corrected chi connectivity index (χ1v) is 24.0. The molecule has 0 amide bonds. The Kier molecular flexibility index (Phi) is 13.0. The van der Waals surface area contributed by atoms with E-state index in [1.807, 2.05) is 42.5 Å². The molecular formula is C63H51F2N4OPt-3. The van der Waals surface area contributed by atoms with Gasteiger partial charge >= 0.3 is 0 Å². The molecule has 0 aliphatic carbocycles. The quantitative estimate of drug-likeness (QED) is 0.121. The average Bonchev–Trinajstić information content (AvgIpc) is 3.92. The van der Waals surface area contributed by atoms with Gasteiger partial charge in [0, 0.05) is 73.0 Å². The van der Waals surface area contributed by atoms with E-state index in [1.165, 1.54) is 17.7 Å². The van der Waals surface area contributed by atoms with Crippen LogP contribution in [-0.4, -0.2) is 9.55 Å². The molecule has 8 aromatic carbocycles. The standard InChI is InChI=1S/C63H51F2N4O.Pt/c1-39(2)45-23-28-59-61(34-45)68(63-55(40(3)4)32-47(33-56(63)41(5)6)52-26-24-48(64)35-57(52)65)38-67(59)49-30-46(44-21-19-43(20-22-44)42-14-8-7-9-15-42)31-51(36-49)70-50-25-27-54-53-16-10-11-17-58(53)69(60(54)37-50)62-18-12-13-29-66-62;/h7-35,38-41H,1-6H3;/q-3;. The molecule has 0 N–H and O–H groups in total. The van der Waals surface area contributed by atoms with E-state index in [9.17, 15) is 4.39 Å². The maximum Gasteiger partial charge on any atom is 0.135 e. The van der Waals surface area contributed by atoms with Crippen LogP contribution in [-0.2, 0) is 21.1 Å². The molecule has 1 aliphatic rings.